The molecule has 66 valence electrons. The van der Waals surface area contributed by atoms with Gasteiger partial charge in [0.05, 0.1) is 0 Å². The van der Waals surface area contributed by atoms with Crippen LogP contribution in [0.5, 0.6) is 0 Å². The quantitative estimate of drug-likeness (QED) is 0.554. The molecule has 0 aliphatic heterocycles. The van der Waals surface area contributed by atoms with Crippen molar-refractivity contribution in [3.05, 3.63) is 12.2 Å². The molecule has 0 spiro atoms. The standard InChI is InChI=1S/C9H16F2/c1-7(2)5-6-9(3,4)8(10)11/h8H,1,5-6H2,2-4H3. The molecular weight excluding hydrogens is 146 g/mol. The van der Waals surface area contributed by atoms with Gasteiger partial charge in [0.2, 0.25) is 6.43 Å². The minimum absolute atomic E-state index is 0.514. The lowest BCUT2D eigenvalue weighted by molar-refractivity contribution is 0.0144. The topological polar surface area (TPSA) is 0 Å². The molecule has 0 aliphatic carbocycles. The molecular formula is C9H16F2. The van der Waals surface area contributed by atoms with Crippen LogP contribution in [0.3, 0.4) is 0 Å². The smallest absolute Gasteiger partial charge is 0.210 e. The minimum atomic E-state index is -2.23. The highest BCUT2D eigenvalue weighted by Crippen LogP contribution is 2.31. The fraction of sp³-hybridized carbons (Fsp3) is 0.778. The largest absolute Gasteiger partial charge is 0.243 e. The minimum Gasteiger partial charge on any atom is -0.210 e. The first kappa shape index (κ1) is 10.6. The van der Waals surface area contributed by atoms with Crippen molar-refractivity contribution in [2.45, 2.75) is 40.0 Å². The second kappa shape index (κ2) is 3.84. The van der Waals surface area contributed by atoms with Gasteiger partial charge in [-0.25, -0.2) is 8.78 Å². The van der Waals surface area contributed by atoms with E-state index in [1.165, 1.54) is 0 Å². The summed E-state index contributed by atoms with van der Waals surface area (Å²) in [5.41, 5.74) is 0.109. The summed E-state index contributed by atoms with van der Waals surface area (Å²) in [6.45, 7) is 8.70. The highest BCUT2D eigenvalue weighted by atomic mass is 19.3. The van der Waals surface area contributed by atoms with E-state index in [-0.39, 0.29) is 0 Å². The van der Waals surface area contributed by atoms with Crippen LogP contribution in [0.15, 0.2) is 12.2 Å². The molecule has 0 saturated carbocycles. The van der Waals surface area contributed by atoms with Crippen LogP contribution in [0.2, 0.25) is 0 Å². The molecule has 2 heteroatoms. The summed E-state index contributed by atoms with van der Waals surface area (Å²) in [7, 11) is 0. The van der Waals surface area contributed by atoms with Crippen molar-refractivity contribution in [2.75, 3.05) is 0 Å². The number of allylic oxidation sites excluding steroid dienone is 1. The molecule has 0 aromatic rings. The first-order valence-corrected chi connectivity index (χ1v) is 3.79. The Kier molecular flexibility index (Phi) is 3.70. The predicted molar refractivity (Wildman–Crippen MR) is 43.8 cm³/mol. The van der Waals surface area contributed by atoms with E-state index in [1.54, 1.807) is 13.8 Å². The summed E-state index contributed by atoms with van der Waals surface area (Å²) in [4.78, 5) is 0. The monoisotopic (exact) mass is 162 g/mol. The van der Waals surface area contributed by atoms with Crippen LogP contribution in [-0.4, -0.2) is 6.43 Å². The van der Waals surface area contributed by atoms with E-state index in [0.717, 1.165) is 5.57 Å². The molecule has 0 fully saturated rings. The molecule has 0 aromatic carbocycles. The summed E-state index contributed by atoms with van der Waals surface area (Å²) in [5, 5.41) is 0. The molecule has 0 bridgehead atoms. The number of alkyl halides is 2. The Hall–Kier alpha value is -0.400. The average molecular weight is 162 g/mol. The molecule has 11 heavy (non-hydrogen) atoms. The third kappa shape index (κ3) is 4.12. The number of rotatable bonds is 4. The Morgan fingerprint density at radius 3 is 2.18 bits per heavy atom. The van der Waals surface area contributed by atoms with Crippen molar-refractivity contribution in [1.82, 2.24) is 0 Å². The van der Waals surface area contributed by atoms with E-state index in [9.17, 15) is 8.78 Å². The molecule has 0 saturated heterocycles. The number of hydrogen-bond acceptors (Lipinski definition) is 0. The Morgan fingerprint density at radius 2 is 1.91 bits per heavy atom. The molecule has 0 nitrogen and oxygen atoms in total. The second-order valence-electron chi connectivity index (χ2n) is 3.75. The van der Waals surface area contributed by atoms with Crippen molar-refractivity contribution >= 4 is 0 Å². The first-order chi connectivity index (χ1) is 4.86. The van der Waals surface area contributed by atoms with Crippen LogP contribution in [0, 0.1) is 5.41 Å². The molecule has 0 heterocycles. The normalized spacial score (nSPS) is 12.2. The van der Waals surface area contributed by atoms with Crippen LogP contribution in [0.4, 0.5) is 8.78 Å². The zero-order valence-corrected chi connectivity index (χ0v) is 7.45. The Balaban J connectivity index is 3.82. The van der Waals surface area contributed by atoms with Crippen LogP contribution >= 0.6 is 0 Å². The van der Waals surface area contributed by atoms with Gasteiger partial charge >= 0.3 is 0 Å². The van der Waals surface area contributed by atoms with E-state index < -0.39 is 11.8 Å². The maximum atomic E-state index is 12.2. The highest BCUT2D eigenvalue weighted by molar-refractivity contribution is 4.90. The van der Waals surface area contributed by atoms with Gasteiger partial charge in [0.25, 0.3) is 0 Å². The molecule has 0 rings (SSSR count). The second-order valence-corrected chi connectivity index (χ2v) is 3.75. The Labute approximate surface area is 67.3 Å². The molecule has 0 aliphatic rings. The number of halogens is 2. The SMILES string of the molecule is C=C(C)CCC(C)(C)C(F)F. The lowest BCUT2D eigenvalue weighted by Crippen LogP contribution is -2.21. The third-order valence-electron chi connectivity index (χ3n) is 1.79. The third-order valence-corrected chi connectivity index (χ3v) is 1.79. The van der Waals surface area contributed by atoms with Gasteiger partial charge in [-0.15, -0.1) is 6.58 Å². The molecule has 0 radical (unpaired) electrons. The fourth-order valence-electron chi connectivity index (χ4n) is 0.645. The lowest BCUT2D eigenvalue weighted by atomic mass is 9.87. The van der Waals surface area contributed by atoms with Crippen molar-refractivity contribution in [1.29, 1.82) is 0 Å². The van der Waals surface area contributed by atoms with Crippen molar-refractivity contribution in [3.8, 4) is 0 Å². The first-order valence-electron chi connectivity index (χ1n) is 3.79. The van der Waals surface area contributed by atoms with Gasteiger partial charge in [0, 0.05) is 5.41 Å². The van der Waals surface area contributed by atoms with E-state index in [1.807, 2.05) is 6.92 Å². The maximum Gasteiger partial charge on any atom is 0.243 e. The van der Waals surface area contributed by atoms with E-state index in [2.05, 4.69) is 6.58 Å². The maximum absolute atomic E-state index is 12.2. The summed E-state index contributed by atoms with van der Waals surface area (Å²) in [6.07, 6.45) is -1.03. The van der Waals surface area contributed by atoms with Gasteiger partial charge in [-0.3, -0.25) is 0 Å². The van der Waals surface area contributed by atoms with Crippen molar-refractivity contribution < 1.29 is 8.78 Å². The number of hydrogen-bond donors (Lipinski definition) is 0. The van der Waals surface area contributed by atoms with E-state index >= 15 is 0 Å². The molecule has 0 atom stereocenters. The van der Waals surface area contributed by atoms with Gasteiger partial charge in [-0.05, 0) is 19.8 Å². The van der Waals surface area contributed by atoms with Gasteiger partial charge < -0.3 is 0 Å². The predicted octanol–water partition coefficient (Wildman–Crippen LogP) is 3.63. The lowest BCUT2D eigenvalue weighted by Gasteiger charge is -2.23. The summed E-state index contributed by atoms with van der Waals surface area (Å²) in [6, 6.07) is 0. The van der Waals surface area contributed by atoms with E-state index in [0.29, 0.717) is 12.8 Å². The van der Waals surface area contributed by atoms with Gasteiger partial charge in [-0.1, -0.05) is 19.4 Å². The van der Waals surface area contributed by atoms with Crippen molar-refractivity contribution in [3.63, 3.8) is 0 Å². The van der Waals surface area contributed by atoms with Crippen molar-refractivity contribution in [2.24, 2.45) is 5.41 Å². The van der Waals surface area contributed by atoms with Gasteiger partial charge in [-0.2, -0.15) is 0 Å². The fourth-order valence-corrected chi connectivity index (χ4v) is 0.645. The van der Waals surface area contributed by atoms with Crippen LogP contribution in [0.25, 0.3) is 0 Å². The summed E-state index contributed by atoms with van der Waals surface area (Å²) >= 11 is 0. The molecule has 0 N–H and O–H groups in total. The average Bonchev–Trinajstić information content (AvgIpc) is 1.84. The van der Waals surface area contributed by atoms with E-state index in [4.69, 9.17) is 0 Å². The molecule has 0 aromatic heterocycles. The Bertz CT molecular complexity index is 136. The van der Waals surface area contributed by atoms with Gasteiger partial charge in [0.1, 0.15) is 0 Å². The van der Waals surface area contributed by atoms with Crippen LogP contribution in [0.1, 0.15) is 33.6 Å². The highest BCUT2D eigenvalue weighted by Gasteiger charge is 2.28. The Morgan fingerprint density at radius 1 is 1.45 bits per heavy atom. The zero-order chi connectivity index (χ0) is 9.07. The van der Waals surface area contributed by atoms with Crippen LogP contribution < -0.4 is 0 Å². The summed E-state index contributed by atoms with van der Waals surface area (Å²) in [5.74, 6) is 0. The zero-order valence-electron chi connectivity index (χ0n) is 7.45. The van der Waals surface area contributed by atoms with Gasteiger partial charge in [0.15, 0.2) is 0 Å². The summed E-state index contributed by atoms with van der Waals surface area (Å²) < 4.78 is 24.5. The van der Waals surface area contributed by atoms with Crippen LogP contribution in [-0.2, 0) is 0 Å². The molecule has 0 unspecified atom stereocenters. The molecule has 0 amide bonds.